The van der Waals surface area contributed by atoms with Crippen LogP contribution in [0.25, 0.3) is 11.0 Å². The summed E-state index contributed by atoms with van der Waals surface area (Å²) < 4.78 is 10.8. The van der Waals surface area contributed by atoms with Gasteiger partial charge < -0.3 is 9.15 Å². The molecule has 1 aliphatic heterocycles. The fraction of sp³-hybridized carbons (Fsp3) is 0.154. The zero-order chi connectivity index (χ0) is 11.1. The average Bonchev–Trinajstić information content (AvgIpc) is 2.83. The lowest BCUT2D eigenvalue weighted by molar-refractivity contribution is -0.139. The Kier molecular flexibility index (Phi) is 1.86. The van der Waals surface area contributed by atoms with Crippen LogP contribution >= 0.6 is 0 Å². The molecule has 1 aliphatic rings. The molecule has 1 fully saturated rings. The number of rotatable bonds is 1. The maximum Gasteiger partial charge on any atom is 0.334 e. The van der Waals surface area contributed by atoms with Crippen LogP contribution in [0.5, 0.6) is 0 Å². The predicted octanol–water partition coefficient (Wildman–Crippen LogP) is 2.98. The van der Waals surface area contributed by atoms with Crippen LogP contribution in [-0.4, -0.2) is 5.97 Å². The smallest absolute Gasteiger partial charge is 0.334 e. The Morgan fingerprint density at radius 3 is 2.81 bits per heavy atom. The second kappa shape index (κ2) is 3.23. The van der Waals surface area contributed by atoms with Crippen LogP contribution in [0.2, 0.25) is 0 Å². The van der Waals surface area contributed by atoms with Gasteiger partial charge in [0, 0.05) is 17.4 Å². The summed E-state index contributed by atoms with van der Waals surface area (Å²) in [4.78, 5) is 11.2. The molecule has 3 rings (SSSR count). The Morgan fingerprint density at radius 1 is 1.31 bits per heavy atom. The van der Waals surface area contributed by atoms with Gasteiger partial charge in [-0.25, -0.2) is 4.79 Å². The summed E-state index contributed by atoms with van der Waals surface area (Å²) in [5.74, 6) is 0.360. The van der Waals surface area contributed by atoms with Crippen LogP contribution < -0.4 is 0 Å². The second-order valence-electron chi connectivity index (χ2n) is 3.89. The third-order valence-electron chi connectivity index (χ3n) is 2.73. The highest BCUT2D eigenvalue weighted by Crippen LogP contribution is 2.34. The molecule has 1 atom stereocenters. The molecule has 1 aromatic heterocycles. The molecule has 1 saturated heterocycles. The van der Waals surface area contributed by atoms with E-state index in [1.165, 1.54) is 0 Å². The molecule has 16 heavy (non-hydrogen) atoms. The Morgan fingerprint density at radius 2 is 2.12 bits per heavy atom. The molecule has 0 saturated carbocycles. The molecular weight excluding hydrogens is 204 g/mol. The number of carbonyl (C=O) groups excluding carboxylic acids is 1. The van der Waals surface area contributed by atoms with Crippen LogP contribution in [0.1, 0.15) is 18.3 Å². The molecule has 0 radical (unpaired) electrons. The Bertz CT molecular complexity index is 531. The first-order chi connectivity index (χ1) is 7.74. The third-order valence-corrected chi connectivity index (χ3v) is 2.73. The quantitative estimate of drug-likeness (QED) is 0.541. The van der Waals surface area contributed by atoms with E-state index in [0.29, 0.717) is 17.8 Å². The van der Waals surface area contributed by atoms with E-state index in [4.69, 9.17) is 9.15 Å². The van der Waals surface area contributed by atoms with E-state index in [-0.39, 0.29) is 12.1 Å². The van der Waals surface area contributed by atoms with Gasteiger partial charge in [0.1, 0.15) is 11.3 Å². The number of carbonyl (C=O) groups is 1. The van der Waals surface area contributed by atoms with Crippen LogP contribution in [0.3, 0.4) is 0 Å². The van der Waals surface area contributed by atoms with E-state index >= 15 is 0 Å². The fourth-order valence-corrected chi connectivity index (χ4v) is 1.88. The number of furan rings is 1. The first-order valence-electron chi connectivity index (χ1n) is 5.11. The number of cyclic esters (lactones) is 1. The van der Waals surface area contributed by atoms with Crippen molar-refractivity contribution in [2.45, 2.75) is 12.5 Å². The molecule has 1 unspecified atom stereocenters. The lowest BCUT2D eigenvalue weighted by atomic mass is 10.1. The molecule has 3 nitrogen and oxygen atoms in total. The van der Waals surface area contributed by atoms with Crippen molar-refractivity contribution in [2.75, 3.05) is 0 Å². The zero-order valence-corrected chi connectivity index (χ0v) is 8.60. The number of hydrogen-bond acceptors (Lipinski definition) is 3. The highest BCUT2D eigenvalue weighted by Gasteiger charge is 2.30. The molecule has 3 heteroatoms. The number of hydrogen-bond donors (Lipinski definition) is 0. The van der Waals surface area contributed by atoms with Crippen molar-refractivity contribution < 1.29 is 13.9 Å². The molecule has 2 aromatic rings. The van der Waals surface area contributed by atoms with Crippen molar-refractivity contribution in [1.82, 2.24) is 0 Å². The summed E-state index contributed by atoms with van der Waals surface area (Å²) >= 11 is 0. The minimum absolute atomic E-state index is 0.313. The van der Waals surface area contributed by atoms with Crippen molar-refractivity contribution in [2.24, 2.45) is 0 Å². The van der Waals surface area contributed by atoms with Crippen molar-refractivity contribution in [3.8, 4) is 0 Å². The number of esters is 1. The summed E-state index contributed by atoms with van der Waals surface area (Å²) in [6, 6.07) is 9.63. The predicted molar refractivity (Wildman–Crippen MR) is 58.8 cm³/mol. The van der Waals surface area contributed by atoms with Crippen LogP contribution in [0.15, 0.2) is 46.9 Å². The molecule has 0 aliphatic carbocycles. The third kappa shape index (κ3) is 1.33. The van der Waals surface area contributed by atoms with Crippen molar-refractivity contribution in [3.05, 3.63) is 48.2 Å². The van der Waals surface area contributed by atoms with Gasteiger partial charge in [-0.05, 0) is 12.1 Å². The SMILES string of the molecule is C=C1CC(c2cc3ccccc3o2)OC1=O. The van der Waals surface area contributed by atoms with E-state index in [1.807, 2.05) is 30.3 Å². The van der Waals surface area contributed by atoms with Crippen LogP contribution in [0, 0.1) is 0 Å². The van der Waals surface area contributed by atoms with Gasteiger partial charge in [0.2, 0.25) is 0 Å². The van der Waals surface area contributed by atoms with E-state index in [1.54, 1.807) is 0 Å². The Balaban J connectivity index is 2.01. The first-order valence-corrected chi connectivity index (χ1v) is 5.11. The molecular formula is C13H10O3. The van der Waals surface area contributed by atoms with E-state index in [9.17, 15) is 4.79 Å². The lowest BCUT2D eigenvalue weighted by Crippen LogP contribution is -1.97. The minimum Gasteiger partial charge on any atom is -0.457 e. The average molecular weight is 214 g/mol. The van der Waals surface area contributed by atoms with Gasteiger partial charge in [0.25, 0.3) is 0 Å². The van der Waals surface area contributed by atoms with Gasteiger partial charge in [0.05, 0.1) is 0 Å². The van der Waals surface area contributed by atoms with Gasteiger partial charge in [-0.15, -0.1) is 0 Å². The summed E-state index contributed by atoms with van der Waals surface area (Å²) in [5, 5.41) is 1.02. The zero-order valence-electron chi connectivity index (χ0n) is 8.60. The topological polar surface area (TPSA) is 39.4 Å². The summed E-state index contributed by atoms with van der Waals surface area (Å²) in [5.41, 5.74) is 1.32. The van der Waals surface area contributed by atoms with Gasteiger partial charge in [-0.3, -0.25) is 0 Å². The molecule has 80 valence electrons. The van der Waals surface area contributed by atoms with Crippen molar-refractivity contribution in [3.63, 3.8) is 0 Å². The molecule has 0 amide bonds. The largest absolute Gasteiger partial charge is 0.457 e. The summed E-state index contributed by atoms with van der Waals surface area (Å²) in [7, 11) is 0. The minimum atomic E-state index is -0.328. The monoisotopic (exact) mass is 214 g/mol. The van der Waals surface area contributed by atoms with Crippen LogP contribution in [0.4, 0.5) is 0 Å². The molecule has 2 heterocycles. The Hall–Kier alpha value is -2.03. The number of benzene rings is 1. The van der Waals surface area contributed by atoms with Crippen molar-refractivity contribution >= 4 is 16.9 Å². The van der Waals surface area contributed by atoms with Gasteiger partial charge in [0.15, 0.2) is 6.10 Å². The molecule has 0 bridgehead atoms. The molecule has 1 aromatic carbocycles. The highest BCUT2D eigenvalue weighted by molar-refractivity contribution is 5.90. The van der Waals surface area contributed by atoms with E-state index < -0.39 is 0 Å². The number of para-hydroxylation sites is 1. The molecule has 0 spiro atoms. The summed E-state index contributed by atoms with van der Waals surface area (Å²) in [6.07, 6.45) is 0.200. The number of fused-ring (bicyclic) bond motifs is 1. The maximum atomic E-state index is 11.2. The van der Waals surface area contributed by atoms with Gasteiger partial charge >= 0.3 is 5.97 Å². The molecule has 0 N–H and O–H groups in total. The standard InChI is InChI=1S/C13H10O3/c1-8-6-11(16-13(8)14)12-7-9-4-2-3-5-10(9)15-12/h2-5,7,11H,1,6H2. The first kappa shape index (κ1) is 9.21. The summed E-state index contributed by atoms with van der Waals surface area (Å²) in [6.45, 7) is 3.65. The number of ether oxygens (including phenoxy) is 1. The van der Waals surface area contributed by atoms with Gasteiger partial charge in [-0.2, -0.15) is 0 Å². The maximum absolute atomic E-state index is 11.2. The highest BCUT2D eigenvalue weighted by atomic mass is 16.6. The normalized spacial score (nSPS) is 20.4. The van der Waals surface area contributed by atoms with Gasteiger partial charge in [-0.1, -0.05) is 24.8 Å². The fourth-order valence-electron chi connectivity index (χ4n) is 1.88. The Labute approximate surface area is 92.3 Å². The van der Waals surface area contributed by atoms with Crippen molar-refractivity contribution in [1.29, 1.82) is 0 Å². The van der Waals surface area contributed by atoms with E-state index in [0.717, 1.165) is 11.0 Å². The lowest BCUT2D eigenvalue weighted by Gasteiger charge is -2.02. The van der Waals surface area contributed by atoms with Crippen LogP contribution in [-0.2, 0) is 9.53 Å². The second-order valence-corrected chi connectivity index (χ2v) is 3.89. The van der Waals surface area contributed by atoms with E-state index in [2.05, 4.69) is 6.58 Å².